The minimum absolute atomic E-state index is 0.00973. The van der Waals surface area contributed by atoms with Gasteiger partial charge in [0, 0.05) is 58.2 Å². The fourth-order valence-corrected chi connectivity index (χ4v) is 13.3. The Hall–Kier alpha value is -9.22. The Morgan fingerprint density at radius 2 is 1.30 bits per heavy atom. The number of nitrogens with two attached hydrogens (primary N) is 1. The maximum Gasteiger partial charge on any atom is 0.408 e. The van der Waals surface area contributed by atoms with Gasteiger partial charge in [-0.1, -0.05) is 128 Å². The molecule has 106 heavy (non-hydrogen) atoms. The molecule has 1 saturated heterocycles. The molecule has 0 bridgehead atoms. The predicted octanol–water partition coefficient (Wildman–Crippen LogP) is 7.74. The summed E-state index contributed by atoms with van der Waals surface area (Å²) in [4.78, 5) is 159. The number of hydrogen-bond donors (Lipinski definition) is 10. The number of anilines is 1. The summed E-state index contributed by atoms with van der Waals surface area (Å²) in [5.74, 6) is -5.73. The van der Waals surface area contributed by atoms with Crippen LogP contribution in [0.1, 0.15) is 169 Å². The van der Waals surface area contributed by atoms with Crippen molar-refractivity contribution in [3.8, 4) is 0 Å². The van der Waals surface area contributed by atoms with Crippen molar-refractivity contribution in [1.82, 2.24) is 57.3 Å². The van der Waals surface area contributed by atoms with Gasteiger partial charge in [0.15, 0.2) is 0 Å². The van der Waals surface area contributed by atoms with E-state index in [9.17, 15) is 52.7 Å². The van der Waals surface area contributed by atoms with Crippen molar-refractivity contribution in [3.63, 3.8) is 0 Å². The number of primary amides is 1. The number of thiazole rings is 1. The van der Waals surface area contributed by atoms with E-state index in [2.05, 4.69) is 52.8 Å². The molecule has 11 atom stereocenters. The molecule has 1 fully saturated rings. The summed E-state index contributed by atoms with van der Waals surface area (Å²) in [6.45, 7) is 21.4. The molecular weight excluding hydrogens is 1380 g/mol. The fraction of sp³-hybridized carbons (Fsp3) is 0.584. The number of aromatic nitrogens is 1. The smallest absolute Gasteiger partial charge is 0.408 e. The van der Waals surface area contributed by atoms with Crippen LogP contribution in [0.5, 0.6) is 0 Å². The van der Waals surface area contributed by atoms with Crippen molar-refractivity contribution < 1.29 is 71.7 Å². The van der Waals surface area contributed by atoms with E-state index in [0.717, 1.165) is 16.1 Å². The van der Waals surface area contributed by atoms with Gasteiger partial charge in [-0.3, -0.25) is 38.4 Å². The number of hydrogen-bond acceptors (Lipinski definition) is 17. The van der Waals surface area contributed by atoms with Crippen LogP contribution < -0.4 is 53.6 Å². The van der Waals surface area contributed by atoms with Crippen molar-refractivity contribution >= 4 is 82.5 Å². The van der Waals surface area contributed by atoms with Gasteiger partial charge in [-0.2, -0.15) is 0 Å². The number of methoxy groups -OCH3 is 2. The molecule has 28 nitrogen and oxygen atoms in total. The Bertz CT molecular complexity index is 3490. The Morgan fingerprint density at radius 1 is 0.679 bits per heavy atom. The van der Waals surface area contributed by atoms with Crippen LogP contribution in [0.25, 0.3) is 0 Å². The first kappa shape index (κ1) is 87.4. The molecular formula is C77H115N13O15S. The number of rotatable bonds is 41. The largest absolute Gasteiger partial charge is 0.445 e. The van der Waals surface area contributed by atoms with Gasteiger partial charge in [0.05, 0.1) is 49.1 Å². The van der Waals surface area contributed by atoms with Gasteiger partial charge < -0.3 is 82.3 Å². The molecule has 12 amide bonds. The third kappa shape index (κ3) is 28.2. The fourth-order valence-electron chi connectivity index (χ4n) is 12.6. The summed E-state index contributed by atoms with van der Waals surface area (Å²) >= 11 is 1.46. The predicted molar refractivity (Wildman–Crippen MR) is 404 cm³/mol. The van der Waals surface area contributed by atoms with Crippen LogP contribution in [-0.2, 0) is 76.8 Å². The highest BCUT2D eigenvalue weighted by Gasteiger charge is 2.44. The van der Waals surface area contributed by atoms with Crippen LogP contribution in [0, 0.1) is 23.7 Å². The lowest BCUT2D eigenvalue weighted by atomic mass is 9.89. The van der Waals surface area contributed by atoms with Crippen molar-refractivity contribution in [2.75, 3.05) is 46.2 Å². The number of carbonyl (C=O) groups excluding carboxylic acids is 11. The molecule has 1 aliphatic rings. The zero-order valence-electron chi connectivity index (χ0n) is 64.3. The molecule has 0 aliphatic carbocycles. The molecule has 584 valence electrons. The van der Waals surface area contributed by atoms with E-state index in [1.165, 1.54) is 32.3 Å². The number of likely N-dealkylation sites (N-methyl/N-ethyl adjacent to an activating group) is 1. The summed E-state index contributed by atoms with van der Waals surface area (Å²) in [5.41, 5.74) is 5.55. The second-order valence-electron chi connectivity index (χ2n) is 29.3. The molecule has 0 spiro atoms. The first-order chi connectivity index (χ1) is 50.2. The maximum absolute atomic E-state index is 14.8. The standard InChI is InChI=1S/C77H115N13O15S/c1-16-49(6)64(59(102-14)45-61(92)90-41-26-33-58(90)65(103-15)50(7)66(93)85-57(70-79-40-42-106-70)43-51-27-19-17-20-28-51)89(13)71(97)63(48(4)5)87-72(98)77(11,12)88-75(101)104-46-53-34-36-54(37-35-53)82-67(94)56(32-25-39-80-73(78)99)84-69(96)62(47(2)3)86-68(95)55(83-60(91)44-52-29-21-18-22-30-52)31-23-24-38-81-74(100)105-76(8,9)10/h17-22,27-30,34-37,40,42,47-50,55-59,62-65H,16,23-26,31-33,38-39,41,43-46H2,1-15H3,(H,81,100)(H,82,94)(H,83,91)(H,84,96)(H,85,93)(H,86,95)(H,87,98)(H,88,101)(H3,78,80,99)/t49-,50+,55-,56-,57-,58-,59+,62-,63-,64-,65+/m0/s1. The summed E-state index contributed by atoms with van der Waals surface area (Å²) < 4.78 is 23.1. The first-order valence-electron chi connectivity index (χ1n) is 36.6. The molecule has 1 aromatic heterocycles. The SMILES string of the molecule is CC[C@H](C)[C@@H]([C@@H](CC(=O)N1CCC[C@H]1[C@H](OC)[C@@H](C)C(=O)N[C@@H](Cc1ccccc1)c1nccs1)OC)N(C)C(=O)[C@@H](NC(=O)C(C)(C)NC(=O)OCc1ccc(NC(=O)[C@H](CCCNC(N)=O)NC(=O)[C@@H](NC(=O)[C@H](CCCCNC(=O)OC(C)(C)C)NC(=O)Cc2ccccc2)C(C)C)cc1)C(C)C. The average Bonchev–Trinajstić information content (AvgIpc) is 1.42. The zero-order chi connectivity index (χ0) is 78.4. The molecule has 3 aromatic carbocycles. The zero-order valence-corrected chi connectivity index (χ0v) is 65.1. The highest BCUT2D eigenvalue weighted by atomic mass is 32.1. The number of benzene rings is 3. The number of unbranched alkanes of at least 4 members (excludes halogenated alkanes) is 1. The molecule has 5 rings (SSSR count). The molecule has 4 aromatic rings. The molecule has 1 aliphatic heterocycles. The minimum Gasteiger partial charge on any atom is -0.445 e. The van der Waals surface area contributed by atoms with Gasteiger partial charge >= 0.3 is 18.2 Å². The van der Waals surface area contributed by atoms with Crippen molar-refractivity contribution in [1.29, 1.82) is 0 Å². The van der Waals surface area contributed by atoms with E-state index in [0.29, 0.717) is 56.3 Å². The van der Waals surface area contributed by atoms with E-state index < -0.39 is 131 Å². The summed E-state index contributed by atoms with van der Waals surface area (Å²) in [6, 6.07) is 18.4. The van der Waals surface area contributed by atoms with Crippen LogP contribution in [0.2, 0.25) is 0 Å². The van der Waals surface area contributed by atoms with Gasteiger partial charge in [-0.05, 0) is 133 Å². The number of nitrogens with one attached hydrogen (secondary N) is 9. The quantitative estimate of drug-likeness (QED) is 0.0190. The van der Waals surface area contributed by atoms with E-state index in [4.69, 9.17) is 24.7 Å². The number of urea groups is 1. The molecule has 2 heterocycles. The van der Waals surface area contributed by atoms with Crippen LogP contribution in [0.15, 0.2) is 96.5 Å². The maximum atomic E-state index is 14.8. The van der Waals surface area contributed by atoms with E-state index in [-0.39, 0.29) is 75.6 Å². The Kier molecular flexibility index (Phi) is 35.3. The lowest BCUT2D eigenvalue weighted by molar-refractivity contribution is -0.148. The van der Waals surface area contributed by atoms with E-state index >= 15 is 0 Å². The van der Waals surface area contributed by atoms with Gasteiger partial charge in [0.25, 0.3) is 0 Å². The second-order valence-corrected chi connectivity index (χ2v) is 30.3. The Balaban J connectivity index is 1.18. The average molecular weight is 1490 g/mol. The van der Waals surface area contributed by atoms with E-state index in [1.54, 1.807) is 127 Å². The lowest BCUT2D eigenvalue weighted by Crippen LogP contribution is -2.62. The van der Waals surface area contributed by atoms with Gasteiger partial charge in [-0.15, -0.1) is 11.3 Å². The third-order valence-corrected chi connectivity index (χ3v) is 19.6. The van der Waals surface area contributed by atoms with Crippen molar-refractivity contribution in [2.45, 2.75) is 226 Å². The number of alkyl carbamates (subject to hydrolysis) is 2. The Labute approximate surface area is 628 Å². The number of nitrogens with zero attached hydrogens (tertiary/aromatic N) is 3. The Morgan fingerprint density at radius 3 is 1.89 bits per heavy atom. The highest BCUT2D eigenvalue weighted by Crippen LogP contribution is 2.31. The molecule has 29 heteroatoms. The highest BCUT2D eigenvalue weighted by molar-refractivity contribution is 7.09. The van der Waals surface area contributed by atoms with Gasteiger partial charge in [-0.25, -0.2) is 19.4 Å². The third-order valence-electron chi connectivity index (χ3n) is 18.7. The second kappa shape index (κ2) is 42.8. The number of amides is 12. The monoisotopic (exact) mass is 1490 g/mol. The van der Waals surface area contributed by atoms with Crippen molar-refractivity contribution in [3.05, 3.63) is 118 Å². The topological polar surface area (TPSA) is 378 Å². The van der Waals surface area contributed by atoms with Crippen LogP contribution in [0.3, 0.4) is 0 Å². The normalized spacial score (nSPS) is 15.9. The number of carbonyl (C=O) groups is 11. The van der Waals surface area contributed by atoms with Crippen LogP contribution in [-0.4, -0.2) is 181 Å². The molecule has 0 unspecified atom stereocenters. The summed E-state index contributed by atoms with van der Waals surface area (Å²) in [7, 11) is 4.69. The first-order valence-corrected chi connectivity index (χ1v) is 37.5. The summed E-state index contributed by atoms with van der Waals surface area (Å²) in [6.07, 6.45) is 2.35. The molecule has 0 radical (unpaired) electrons. The molecule has 0 saturated carbocycles. The van der Waals surface area contributed by atoms with E-state index in [1.807, 2.05) is 62.5 Å². The van der Waals surface area contributed by atoms with Crippen LogP contribution in [0.4, 0.5) is 20.1 Å². The summed E-state index contributed by atoms with van der Waals surface area (Å²) in [5, 5.41) is 27.7. The van der Waals surface area contributed by atoms with Gasteiger partial charge in [0.2, 0.25) is 47.3 Å². The van der Waals surface area contributed by atoms with Gasteiger partial charge in [0.1, 0.15) is 46.9 Å². The number of ether oxygens (including phenoxy) is 4. The lowest BCUT2D eigenvalue weighted by Gasteiger charge is -2.41. The molecule has 11 N–H and O–H groups in total. The van der Waals surface area contributed by atoms with Crippen molar-refractivity contribution in [2.24, 2.45) is 29.4 Å². The minimum atomic E-state index is -1.61. The van der Waals surface area contributed by atoms with Crippen LogP contribution >= 0.6 is 11.3 Å². The number of likely N-dealkylation sites (tertiary alicyclic amines) is 1.